The van der Waals surface area contributed by atoms with E-state index in [2.05, 4.69) is 20.3 Å². The number of aryl methyl sites for hydroxylation is 1. The van der Waals surface area contributed by atoms with E-state index in [1.165, 1.54) is 6.07 Å². The quantitative estimate of drug-likeness (QED) is 0.770. The Morgan fingerprint density at radius 2 is 1.79 bits per heavy atom. The van der Waals surface area contributed by atoms with Gasteiger partial charge in [0.25, 0.3) is 0 Å². The fourth-order valence-corrected chi connectivity index (χ4v) is 2.26. The highest BCUT2D eigenvalue weighted by atomic mass is 19.1. The fraction of sp³-hybridized carbons (Fsp3) is 0.167. The van der Waals surface area contributed by atoms with Crippen molar-refractivity contribution in [1.29, 1.82) is 0 Å². The van der Waals surface area contributed by atoms with Crippen LogP contribution in [0, 0.1) is 11.6 Å². The van der Waals surface area contributed by atoms with Gasteiger partial charge in [-0.1, -0.05) is 6.92 Å². The number of nitrogens with zero attached hydrogens (tertiary/aromatic N) is 3. The Labute approximate surface area is 138 Å². The minimum absolute atomic E-state index is 0.138. The summed E-state index contributed by atoms with van der Waals surface area (Å²) in [5, 5.41) is 3.04. The molecule has 0 aliphatic heterocycles. The average molecular weight is 326 g/mol. The lowest BCUT2D eigenvalue weighted by Crippen LogP contribution is -2.06. The lowest BCUT2D eigenvalue weighted by molar-refractivity contribution is 0.587. The van der Waals surface area contributed by atoms with E-state index in [-0.39, 0.29) is 12.1 Å². The number of anilines is 1. The van der Waals surface area contributed by atoms with Gasteiger partial charge >= 0.3 is 0 Å². The highest BCUT2D eigenvalue weighted by Crippen LogP contribution is 2.19. The Hall–Kier alpha value is -2.89. The minimum Gasteiger partial charge on any atom is -0.366 e. The van der Waals surface area contributed by atoms with Crippen LogP contribution in [0.2, 0.25) is 0 Å². The Bertz CT molecular complexity index is 838. The van der Waals surface area contributed by atoms with Crippen LogP contribution < -0.4 is 5.32 Å². The molecule has 0 aliphatic rings. The third kappa shape index (κ3) is 3.71. The molecule has 0 fully saturated rings. The lowest BCUT2D eigenvalue weighted by atomic mass is 10.2. The second-order valence-electron chi connectivity index (χ2n) is 5.25. The molecule has 1 N–H and O–H groups in total. The molecular formula is C18H16F2N4. The molecular weight excluding hydrogens is 310 g/mol. The Kier molecular flexibility index (Phi) is 4.74. The summed E-state index contributed by atoms with van der Waals surface area (Å²) in [6.45, 7) is 2.13. The Balaban J connectivity index is 1.86. The van der Waals surface area contributed by atoms with Crippen LogP contribution in [0.5, 0.6) is 0 Å². The van der Waals surface area contributed by atoms with E-state index in [1.54, 1.807) is 12.4 Å². The monoisotopic (exact) mass is 326 g/mol. The number of rotatable bonds is 5. The maximum absolute atomic E-state index is 13.7. The fourth-order valence-electron chi connectivity index (χ4n) is 2.26. The standard InChI is InChI=1S/C18H16F2N4/c1-2-15-10-17(22-11-13-9-14(19)3-4-16(13)20)24-18(23-15)12-5-7-21-8-6-12/h3-10H,2,11H2,1H3,(H,22,23,24). The van der Waals surface area contributed by atoms with E-state index in [1.807, 2.05) is 25.1 Å². The molecule has 1 aromatic carbocycles. The third-order valence-corrected chi connectivity index (χ3v) is 3.55. The molecule has 2 heterocycles. The van der Waals surface area contributed by atoms with Crippen LogP contribution in [0.15, 0.2) is 48.8 Å². The largest absolute Gasteiger partial charge is 0.366 e. The number of halogens is 2. The third-order valence-electron chi connectivity index (χ3n) is 3.55. The van der Waals surface area contributed by atoms with Crippen molar-refractivity contribution in [1.82, 2.24) is 15.0 Å². The molecule has 0 spiro atoms. The number of aromatic nitrogens is 3. The van der Waals surface area contributed by atoms with Crippen molar-refractivity contribution < 1.29 is 8.78 Å². The molecule has 24 heavy (non-hydrogen) atoms. The Morgan fingerprint density at radius 1 is 1.00 bits per heavy atom. The van der Waals surface area contributed by atoms with Gasteiger partial charge in [0.05, 0.1) is 0 Å². The number of pyridine rings is 1. The first-order valence-electron chi connectivity index (χ1n) is 7.62. The molecule has 0 radical (unpaired) electrons. The second kappa shape index (κ2) is 7.12. The molecule has 3 rings (SSSR count). The van der Waals surface area contributed by atoms with Crippen LogP contribution in [0.1, 0.15) is 18.2 Å². The maximum Gasteiger partial charge on any atom is 0.161 e. The van der Waals surface area contributed by atoms with E-state index >= 15 is 0 Å². The number of nitrogens with one attached hydrogen (secondary N) is 1. The SMILES string of the molecule is CCc1cc(NCc2cc(F)ccc2F)nc(-c2ccncc2)n1. The topological polar surface area (TPSA) is 50.7 Å². The average Bonchev–Trinajstić information content (AvgIpc) is 2.63. The second-order valence-corrected chi connectivity index (χ2v) is 5.25. The number of benzene rings is 1. The highest BCUT2D eigenvalue weighted by Gasteiger charge is 2.08. The summed E-state index contributed by atoms with van der Waals surface area (Å²) in [4.78, 5) is 12.9. The molecule has 122 valence electrons. The zero-order chi connectivity index (χ0) is 16.9. The first kappa shape index (κ1) is 16.0. The van der Waals surface area contributed by atoms with Crippen LogP contribution >= 0.6 is 0 Å². The molecule has 0 bridgehead atoms. The van der Waals surface area contributed by atoms with Gasteiger partial charge in [0.1, 0.15) is 17.5 Å². The van der Waals surface area contributed by atoms with Crippen molar-refractivity contribution >= 4 is 5.82 Å². The van der Waals surface area contributed by atoms with Gasteiger partial charge in [-0.3, -0.25) is 4.98 Å². The van der Waals surface area contributed by atoms with Gasteiger partial charge < -0.3 is 5.32 Å². The summed E-state index contributed by atoms with van der Waals surface area (Å²) in [5.74, 6) is 0.210. The van der Waals surface area contributed by atoms with Crippen molar-refractivity contribution in [2.24, 2.45) is 0 Å². The van der Waals surface area contributed by atoms with Crippen molar-refractivity contribution in [3.8, 4) is 11.4 Å². The highest BCUT2D eigenvalue weighted by molar-refractivity contribution is 5.56. The van der Waals surface area contributed by atoms with Crippen molar-refractivity contribution in [3.63, 3.8) is 0 Å². The Morgan fingerprint density at radius 3 is 2.54 bits per heavy atom. The van der Waals surface area contributed by atoms with E-state index in [0.29, 0.717) is 11.6 Å². The predicted molar refractivity (Wildman–Crippen MR) is 88.3 cm³/mol. The van der Waals surface area contributed by atoms with E-state index < -0.39 is 11.6 Å². The molecule has 0 unspecified atom stereocenters. The molecule has 0 atom stereocenters. The van der Waals surface area contributed by atoms with E-state index in [4.69, 9.17) is 0 Å². The minimum atomic E-state index is -0.470. The van der Waals surface area contributed by atoms with Crippen LogP contribution in [0.3, 0.4) is 0 Å². The predicted octanol–water partition coefficient (Wildman–Crippen LogP) is 3.99. The van der Waals surface area contributed by atoms with Gasteiger partial charge in [-0.05, 0) is 36.8 Å². The van der Waals surface area contributed by atoms with Crippen LogP contribution in [-0.4, -0.2) is 15.0 Å². The summed E-state index contributed by atoms with van der Waals surface area (Å²) in [6, 6.07) is 8.85. The summed E-state index contributed by atoms with van der Waals surface area (Å²) in [6.07, 6.45) is 4.09. The van der Waals surface area contributed by atoms with Gasteiger partial charge in [-0.2, -0.15) is 0 Å². The zero-order valence-electron chi connectivity index (χ0n) is 13.1. The lowest BCUT2D eigenvalue weighted by Gasteiger charge is -2.10. The maximum atomic E-state index is 13.7. The van der Waals surface area contributed by atoms with Gasteiger partial charge in [-0.15, -0.1) is 0 Å². The molecule has 3 aromatic rings. The van der Waals surface area contributed by atoms with E-state index in [9.17, 15) is 8.78 Å². The molecule has 0 amide bonds. The first-order valence-corrected chi connectivity index (χ1v) is 7.62. The summed E-state index contributed by atoms with van der Waals surface area (Å²) < 4.78 is 27.0. The summed E-state index contributed by atoms with van der Waals surface area (Å²) in [7, 11) is 0. The summed E-state index contributed by atoms with van der Waals surface area (Å²) in [5.41, 5.74) is 1.96. The van der Waals surface area contributed by atoms with E-state index in [0.717, 1.165) is 29.8 Å². The molecule has 0 saturated carbocycles. The van der Waals surface area contributed by atoms with Crippen LogP contribution in [0.4, 0.5) is 14.6 Å². The van der Waals surface area contributed by atoms with Gasteiger partial charge in [0.2, 0.25) is 0 Å². The number of hydrogen-bond acceptors (Lipinski definition) is 4. The smallest absolute Gasteiger partial charge is 0.161 e. The zero-order valence-corrected chi connectivity index (χ0v) is 13.1. The molecule has 4 nitrogen and oxygen atoms in total. The van der Waals surface area contributed by atoms with Crippen molar-refractivity contribution in [2.45, 2.75) is 19.9 Å². The van der Waals surface area contributed by atoms with Gasteiger partial charge in [0, 0.05) is 41.8 Å². The van der Waals surface area contributed by atoms with Crippen molar-refractivity contribution in [2.75, 3.05) is 5.32 Å². The van der Waals surface area contributed by atoms with Crippen molar-refractivity contribution in [3.05, 3.63) is 71.7 Å². The molecule has 2 aromatic heterocycles. The molecule has 0 aliphatic carbocycles. The van der Waals surface area contributed by atoms with Crippen LogP contribution in [0.25, 0.3) is 11.4 Å². The summed E-state index contributed by atoms with van der Waals surface area (Å²) >= 11 is 0. The first-order chi connectivity index (χ1) is 11.7. The molecule has 6 heteroatoms. The van der Waals surface area contributed by atoms with Crippen LogP contribution in [-0.2, 0) is 13.0 Å². The molecule has 0 saturated heterocycles. The van der Waals surface area contributed by atoms with Gasteiger partial charge in [0.15, 0.2) is 5.82 Å². The number of hydrogen-bond donors (Lipinski definition) is 1. The van der Waals surface area contributed by atoms with Gasteiger partial charge in [-0.25, -0.2) is 18.7 Å². The normalized spacial score (nSPS) is 10.6.